The van der Waals surface area contributed by atoms with Gasteiger partial charge in [-0.05, 0) is 12.1 Å². The van der Waals surface area contributed by atoms with E-state index in [1.807, 2.05) is 0 Å². The summed E-state index contributed by atoms with van der Waals surface area (Å²) in [4.78, 5) is 10.1. The zero-order valence-electron chi connectivity index (χ0n) is 17.8. The molecule has 1 radical (unpaired) electrons. The second-order valence-corrected chi connectivity index (χ2v) is 10.2. The molecule has 0 aromatic carbocycles. The van der Waals surface area contributed by atoms with Crippen LogP contribution in [0.25, 0.3) is 0 Å². The molecule has 0 aliphatic heterocycles. The van der Waals surface area contributed by atoms with E-state index in [0.29, 0.717) is 0 Å². The Morgan fingerprint density at radius 2 is 0.640 bits per heavy atom. The Kier molecular flexibility index (Phi) is 22.4. The topological polar surface area (TPSA) is 20.2 Å². The highest BCUT2D eigenvalue weighted by molar-refractivity contribution is 6.50. The third-order valence-corrected chi connectivity index (χ3v) is 7.25. The van der Waals surface area contributed by atoms with Gasteiger partial charge in [-0.25, -0.2) is 0 Å². The number of hydrogen-bond acceptors (Lipinski definition) is 1. The minimum Gasteiger partial charge on any atom is -0.431 e. The van der Waals surface area contributed by atoms with Crippen LogP contribution in [0.15, 0.2) is 0 Å². The second-order valence-electron chi connectivity index (χ2n) is 8.08. The average molecular weight is 370 g/mol. The molecule has 0 rings (SSSR count). The molecule has 0 atom stereocenters. The first-order valence-electron chi connectivity index (χ1n) is 11.8. The number of hydrogen-bond donors (Lipinski definition) is 1. The molecule has 25 heavy (non-hydrogen) atoms. The molecule has 151 valence electrons. The van der Waals surface area contributed by atoms with E-state index >= 15 is 0 Å². The summed E-state index contributed by atoms with van der Waals surface area (Å²) in [6.07, 6.45) is 26.5. The van der Waals surface area contributed by atoms with Crippen molar-refractivity contribution in [1.29, 1.82) is 0 Å². The maximum Gasteiger partial charge on any atom is 0.206 e. The van der Waals surface area contributed by atoms with Crippen molar-refractivity contribution >= 4 is 9.04 Å². The molecule has 1 nitrogen and oxygen atoms in total. The van der Waals surface area contributed by atoms with Crippen LogP contribution in [0.1, 0.15) is 136 Å². The normalized spacial score (nSPS) is 11.5. The minimum absolute atomic E-state index is 0.996. The van der Waals surface area contributed by atoms with Gasteiger partial charge in [0, 0.05) is 0 Å². The number of unbranched alkanes of at least 4 members (excludes halogenated alkanes) is 17. The van der Waals surface area contributed by atoms with Crippen molar-refractivity contribution in [3.05, 3.63) is 0 Å². The Hall–Kier alpha value is 0.177. The van der Waals surface area contributed by atoms with Crippen LogP contribution in [0.2, 0.25) is 12.1 Å². The molecule has 0 aliphatic carbocycles. The Morgan fingerprint density at radius 3 is 0.920 bits per heavy atom. The van der Waals surface area contributed by atoms with Gasteiger partial charge in [-0.15, -0.1) is 0 Å². The molecular weight excluding hydrogens is 320 g/mol. The van der Waals surface area contributed by atoms with Gasteiger partial charge >= 0.3 is 0 Å². The van der Waals surface area contributed by atoms with Crippen LogP contribution >= 0.6 is 0 Å². The van der Waals surface area contributed by atoms with Gasteiger partial charge in [-0.2, -0.15) is 0 Å². The van der Waals surface area contributed by atoms with Gasteiger partial charge in [0.2, 0.25) is 9.04 Å². The van der Waals surface area contributed by atoms with E-state index in [0.717, 1.165) is 12.1 Å². The van der Waals surface area contributed by atoms with Crippen molar-refractivity contribution in [2.75, 3.05) is 0 Å². The van der Waals surface area contributed by atoms with E-state index in [4.69, 9.17) is 0 Å². The zero-order valence-corrected chi connectivity index (χ0v) is 18.8. The molecule has 0 bridgehead atoms. The predicted molar refractivity (Wildman–Crippen MR) is 117 cm³/mol. The van der Waals surface area contributed by atoms with Gasteiger partial charge in [-0.3, -0.25) is 0 Å². The van der Waals surface area contributed by atoms with Crippen LogP contribution in [0.4, 0.5) is 0 Å². The minimum atomic E-state index is -0.996. The molecule has 1 N–H and O–H groups in total. The predicted octanol–water partition coefficient (Wildman–Crippen LogP) is 8.42. The molecule has 0 saturated heterocycles. The summed E-state index contributed by atoms with van der Waals surface area (Å²) in [5, 5.41) is 0. The molecule has 0 amide bonds. The Labute approximate surface area is 162 Å². The fourth-order valence-electron chi connectivity index (χ4n) is 3.58. The Bertz CT molecular complexity index is 232. The van der Waals surface area contributed by atoms with Crippen LogP contribution < -0.4 is 0 Å². The third-order valence-electron chi connectivity index (χ3n) is 5.39. The van der Waals surface area contributed by atoms with Crippen molar-refractivity contribution in [1.82, 2.24) is 0 Å². The fourth-order valence-corrected chi connectivity index (χ4v) is 5.15. The highest BCUT2D eigenvalue weighted by atomic mass is 28.3. The van der Waals surface area contributed by atoms with Crippen molar-refractivity contribution in [2.45, 2.75) is 148 Å². The molecule has 0 saturated carbocycles. The molecule has 0 unspecified atom stereocenters. The molecule has 2 heteroatoms. The summed E-state index contributed by atoms with van der Waals surface area (Å²) in [5.74, 6) is 0. The smallest absolute Gasteiger partial charge is 0.206 e. The van der Waals surface area contributed by atoms with E-state index in [9.17, 15) is 4.80 Å². The Balaban J connectivity index is 3.09. The highest BCUT2D eigenvalue weighted by Gasteiger charge is 2.07. The van der Waals surface area contributed by atoms with E-state index in [1.165, 1.54) is 122 Å². The monoisotopic (exact) mass is 369 g/mol. The molecule has 0 aliphatic rings. The lowest BCUT2D eigenvalue weighted by atomic mass is 10.1. The zero-order chi connectivity index (χ0) is 18.4. The first-order valence-corrected chi connectivity index (χ1v) is 13.7. The first-order chi connectivity index (χ1) is 12.3. The van der Waals surface area contributed by atoms with Gasteiger partial charge in [-0.1, -0.05) is 136 Å². The average Bonchev–Trinajstić information content (AvgIpc) is 2.62. The van der Waals surface area contributed by atoms with E-state index in [1.54, 1.807) is 0 Å². The van der Waals surface area contributed by atoms with E-state index in [2.05, 4.69) is 13.8 Å². The molecular formula is C23H49OSi. The molecule has 0 fully saturated rings. The summed E-state index contributed by atoms with van der Waals surface area (Å²) < 4.78 is 0. The summed E-state index contributed by atoms with van der Waals surface area (Å²) in [6.45, 7) is 4.56. The van der Waals surface area contributed by atoms with Crippen molar-refractivity contribution in [3.8, 4) is 0 Å². The van der Waals surface area contributed by atoms with Gasteiger partial charge in [0.15, 0.2) is 0 Å². The summed E-state index contributed by atoms with van der Waals surface area (Å²) in [6, 6.07) is 2.27. The molecule has 0 spiro atoms. The van der Waals surface area contributed by atoms with Crippen LogP contribution in [0.5, 0.6) is 0 Å². The van der Waals surface area contributed by atoms with E-state index in [-0.39, 0.29) is 0 Å². The maximum absolute atomic E-state index is 10.1. The SMILES string of the molecule is CCCCCCCCCCCCCCC[Si](O)CCCCCCCC. The first kappa shape index (κ1) is 25.2. The quantitative estimate of drug-likeness (QED) is 0.159. The summed E-state index contributed by atoms with van der Waals surface area (Å²) >= 11 is 0. The van der Waals surface area contributed by atoms with E-state index < -0.39 is 9.04 Å². The lowest BCUT2D eigenvalue weighted by molar-refractivity contribution is 0.530. The highest BCUT2D eigenvalue weighted by Crippen LogP contribution is 2.15. The summed E-state index contributed by atoms with van der Waals surface area (Å²) in [7, 11) is -0.996. The van der Waals surface area contributed by atoms with Crippen LogP contribution in [-0.4, -0.2) is 13.8 Å². The second kappa shape index (κ2) is 22.2. The van der Waals surface area contributed by atoms with Crippen LogP contribution in [0.3, 0.4) is 0 Å². The lowest BCUT2D eigenvalue weighted by Gasteiger charge is -2.07. The van der Waals surface area contributed by atoms with Crippen molar-refractivity contribution in [2.24, 2.45) is 0 Å². The van der Waals surface area contributed by atoms with Gasteiger partial charge < -0.3 is 4.80 Å². The summed E-state index contributed by atoms with van der Waals surface area (Å²) in [5.41, 5.74) is 0. The standard InChI is InChI=1S/C23H49OSi/c1-3-5-7-9-11-12-13-14-15-16-17-19-21-23-25(24)22-20-18-10-8-6-4-2/h24H,3-23H2,1-2H3. The third kappa shape index (κ3) is 22.1. The largest absolute Gasteiger partial charge is 0.431 e. The maximum atomic E-state index is 10.1. The number of rotatable bonds is 21. The fraction of sp³-hybridized carbons (Fsp3) is 1.00. The van der Waals surface area contributed by atoms with Gasteiger partial charge in [0.25, 0.3) is 0 Å². The van der Waals surface area contributed by atoms with Gasteiger partial charge in [0.05, 0.1) is 0 Å². The Morgan fingerprint density at radius 1 is 0.400 bits per heavy atom. The molecule has 0 aromatic rings. The van der Waals surface area contributed by atoms with Gasteiger partial charge in [0.1, 0.15) is 0 Å². The van der Waals surface area contributed by atoms with Crippen LogP contribution in [-0.2, 0) is 0 Å². The lowest BCUT2D eigenvalue weighted by Crippen LogP contribution is -2.10. The molecule has 0 aromatic heterocycles. The molecule has 0 heterocycles. The van der Waals surface area contributed by atoms with Crippen LogP contribution in [0, 0.1) is 0 Å². The van der Waals surface area contributed by atoms with Crippen molar-refractivity contribution in [3.63, 3.8) is 0 Å². The van der Waals surface area contributed by atoms with Crippen molar-refractivity contribution < 1.29 is 4.80 Å².